The number of carbonyl (C=O) groups excluding carboxylic acids is 1. The summed E-state index contributed by atoms with van der Waals surface area (Å²) < 4.78 is 1.30. The highest BCUT2D eigenvalue weighted by atomic mass is 16.2. The van der Waals surface area contributed by atoms with E-state index >= 15 is 0 Å². The third-order valence-electron chi connectivity index (χ3n) is 6.00. The summed E-state index contributed by atoms with van der Waals surface area (Å²) in [6.07, 6.45) is 2.40. The molecule has 1 fully saturated rings. The van der Waals surface area contributed by atoms with Crippen LogP contribution in [0, 0.1) is 11.3 Å². The smallest absolute Gasteiger partial charge is 0.279 e. The fourth-order valence-corrected chi connectivity index (χ4v) is 4.31. The fraction of sp³-hybridized carbons (Fsp3) is 0.192. The van der Waals surface area contributed by atoms with Crippen LogP contribution >= 0.6 is 0 Å². The van der Waals surface area contributed by atoms with Gasteiger partial charge >= 0.3 is 0 Å². The predicted molar refractivity (Wildman–Crippen MR) is 129 cm³/mol. The van der Waals surface area contributed by atoms with Crippen LogP contribution in [0.4, 0.5) is 5.82 Å². The first kappa shape index (κ1) is 21.3. The number of pyridine rings is 1. The number of rotatable bonds is 3. The molecule has 4 aromatic rings. The van der Waals surface area contributed by atoms with Gasteiger partial charge in [0.15, 0.2) is 5.69 Å². The van der Waals surface area contributed by atoms with E-state index < -0.39 is 0 Å². The third kappa shape index (κ3) is 3.88. The van der Waals surface area contributed by atoms with Gasteiger partial charge in [0.05, 0.1) is 16.6 Å². The van der Waals surface area contributed by atoms with Crippen LogP contribution in [0.25, 0.3) is 16.5 Å². The first-order valence-corrected chi connectivity index (χ1v) is 11.1. The monoisotopic (exact) mass is 450 g/mol. The largest absolute Gasteiger partial charge is 0.354 e. The lowest BCUT2D eigenvalue weighted by Crippen LogP contribution is -2.37. The number of anilines is 1. The molecule has 0 saturated carbocycles. The maximum absolute atomic E-state index is 13.7. The van der Waals surface area contributed by atoms with Crippen molar-refractivity contribution < 1.29 is 4.79 Å². The molecule has 0 unspecified atom stereocenters. The second kappa shape index (κ2) is 9.16. The Bertz CT molecular complexity index is 1460. The Kier molecular flexibility index (Phi) is 5.75. The molecule has 168 valence electrons. The summed E-state index contributed by atoms with van der Waals surface area (Å²) in [6, 6.07) is 21.9. The van der Waals surface area contributed by atoms with Crippen molar-refractivity contribution in [2.24, 2.45) is 0 Å². The van der Waals surface area contributed by atoms with Gasteiger partial charge < -0.3 is 9.80 Å². The molecule has 1 saturated heterocycles. The Morgan fingerprint density at radius 1 is 0.882 bits per heavy atom. The molecule has 0 bridgehead atoms. The fourth-order valence-electron chi connectivity index (χ4n) is 4.31. The van der Waals surface area contributed by atoms with Gasteiger partial charge in [0, 0.05) is 37.8 Å². The second-order valence-electron chi connectivity index (χ2n) is 8.07. The maximum Gasteiger partial charge on any atom is 0.279 e. The molecule has 1 aliphatic rings. The zero-order valence-corrected chi connectivity index (χ0v) is 18.5. The lowest BCUT2D eigenvalue weighted by Gasteiger charge is -2.23. The number of benzene rings is 2. The normalized spacial score (nSPS) is 14.0. The van der Waals surface area contributed by atoms with E-state index in [1.165, 1.54) is 4.68 Å². The minimum atomic E-state index is -0.264. The van der Waals surface area contributed by atoms with Gasteiger partial charge in [-0.05, 0) is 36.8 Å². The van der Waals surface area contributed by atoms with E-state index in [0.29, 0.717) is 54.0 Å². The quantitative estimate of drug-likeness (QED) is 0.476. The van der Waals surface area contributed by atoms with E-state index in [0.717, 1.165) is 6.42 Å². The first-order chi connectivity index (χ1) is 16.7. The van der Waals surface area contributed by atoms with Crippen LogP contribution in [0.15, 0.2) is 77.7 Å². The highest BCUT2D eigenvalue weighted by Crippen LogP contribution is 2.21. The molecule has 1 amide bonds. The lowest BCUT2D eigenvalue weighted by atomic mass is 10.1. The average Bonchev–Trinajstić information content (AvgIpc) is 3.15. The Labute approximate surface area is 196 Å². The van der Waals surface area contributed by atoms with Crippen LogP contribution in [-0.2, 0) is 0 Å². The van der Waals surface area contributed by atoms with Crippen molar-refractivity contribution >= 4 is 22.5 Å². The van der Waals surface area contributed by atoms with Crippen molar-refractivity contribution in [3.8, 4) is 11.8 Å². The number of aromatic nitrogens is 3. The zero-order chi connectivity index (χ0) is 23.5. The summed E-state index contributed by atoms with van der Waals surface area (Å²) in [5.74, 6) is 0.421. The number of hydrogen-bond donors (Lipinski definition) is 0. The summed E-state index contributed by atoms with van der Waals surface area (Å²) in [7, 11) is 0. The van der Waals surface area contributed by atoms with Crippen molar-refractivity contribution in [2.75, 3.05) is 31.1 Å². The van der Waals surface area contributed by atoms with Crippen molar-refractivity contribution in [3.05, 3.63) is 94.5 Å². The molecule has 0 N–H and O–H groups in total. The van der Waals surface area contributed by atoms with Crippen molar-refractivity contribution in [2.45, 2.75) is 6.42 Å². The molecule has 2 aromatic heterocycles. The number of nitriles is 1. The van der Waals surface area contributed by atoms with Gasteiger partial charge in [-0.3, -0.25) is 9.59 Å². The molecule has 5 rings (SSSR count). The molecule has 0 spiro atoms. The zero-order valence-electron chi connectivity index (χ0n) is 18.5. The number of nitrogens with zero attached hydrogens (tertiary/aromatic N) is 6. The van der Waals surface area contributed by atoms with Crippen LogP contribution in [-0.4, -0.2) is 51.8 Å². The van der Waals surface area contributed by atoms with Crippen LogP contribution in [0.5, 0.6) is 0 Å². The number of carbonyl (C=O) groups is 1. The summed E-state index contributed by atoms with van der Waals surface area (Å²) in [5.41, 5.74) is 1.11. The second-order valence-corrected chi connectivity index (χ2v) is 8.07. The van der Waals surface area contributed by atoms with Crippen molar-refractivity contribution in [3.63, 3.8) is 0 Å². The molecule has 1 aliphatic heterocycles. The van der Waals surface area contributed by atoms with Crippen LogP contribution in [0.3, 0.4) is 0 Å². The molecule has 3 heterocycles. The highest BCUT2D eigenvalue weighted by Gasteiger charge is 2.26. The molecular formula is C26H22N6O2. The Morgan fingerprint density at radius 3 is 2.44 bits per heavy atom. The SMILES string of the molecule is N#Cc1cccnc1N1CCCN(C(=O)c2nn(-c3ccccc3)c(=O)c3ccccc23)CC1. The Morgan fingerprint density at radius 2 is 1.65 bits per heavy atom. The molecule has 0 radical (unpaired) electrons. The van der Waals surface area contributed by atoms with Crippen molar-refractivity contribution in [1.29, 1.82) is 5.26 Å². The van der Waals surface area contributed by atoms with Gasteiger partial charge in [-0.1, -0.05) is 36.4 Å². The Hall–Kier alpha value is -4.51. The average molecular weight is 451 g/mol. The summed E-state index contributed by atoms with van der Waals surface area (Å²) in [6.45, 7) is 2.24. The molecule has 2 aromatic carbocycles. The van der Waals surface area contributed by atoms with Gasteiger partial charge in [0.1, 0.15) is 11.9 Å². The minimum absolute atomic E-state index is 0.218. The van der Waals surface area contributed by atoms with Gasteiger partial charge in [-0.25, -0.2) is 4.98 Å². The van der Waals surface area contributed by atoms with E-state index in [1.807, 2.05) is 29.2 Å². The molecular weight excluding hydrogens is 428 g/mol. The van der Waals surface area contributed by atoms with Crippen LogP contribution in [0.2, 0.25) is 0 Å². The number of hydrogen-bond acceptors (Lipinski definition) is 6. The first-order valence-electron chi connectivity index (χ1n) is 11.1. The van der Waals surface area contributed by atoms with E-state index in [1.54, 1.807) is 53.6 Å². The number of fused-ring (bicyclic) bond motifs is 1. The van der Waals surface area contributed by atoms with Crippen LogP contribution < -0.4 is 10.5 Å². The molecule has 34 heavy (non-hydrogen) atoms. The van der Waals surface area contributed by atoms with E-state index in [4.69, 9.17) is 0 Å². The maximum atomic E-state index is 13.7. The summed E-state index contributed by atoms with van der Waals surface area (Å²) in [5, 5.41) is 15.0. The van der Waals surface area contributed by atoms with Crippen LogP contribution in [0.1, 0.15) is 22.5 Å². The molecule has 0 aliphatic carbocycles. The summed E-state index contributed by atoms with van der Waals surface area (Å²) >= 11 is 0. The van der Waals surface area contributed by atoms with E-state index in [9.17, 15) is 14.9 Å². The topological polar surface area (TPSA) is 95.1 Å². The Balaban J connectivity index is 1.50. The summed E-state index contributed by atoms with van der Waals surface area (Å²) in [4.78, 5) is 35.0. The van der Waals surface area contributed by atoms with Gasteiger partial charge in [-0.15, -0.1) is 0 Å². The van der Waals surface area contributed by atoms with Gasteiger partial charge in [0.25, 0.3) is 11.5 Å². The molecule has 8 heteroatoms. The number of para-hydroxylation sites is 1. The van der Waals surface area contributed by atoms with Gasteiger partial charge in [0.2, 0.25) is 0 Å². The third-order valence-corrected chi connectivity index (χ3v) is 6.00. The molecule has 8 nitrogen and oxygen atoms in total. The minimum Gasteiger partial charge on any atom is -0.354 e. The molecule has 0 atom stereocenters. The standard InChI is InChI=1S/C26H22N6O2/c27-18-19-8-6-13-28-24(19)30-14-7-15-31(17-16-30)26(34)23-21-11-4-5-12-22(21)25(33)32(29-23)20-9-2-1-3-10-20/h1-6,8-13H,7,14-17H2. The van der Waals surface area contributed by atoms with E-state index in [-0.39, 0.29) is 17.2 Å². The lowest BCUT2D eigenvalue weighted by molar-refractivity contribution is 0.0761. The highest BCUT2D eigenvalue weighted by molar-refractivity contribution is 6.04. The van der Waals surface area contributed by atoms with E-state index in [2.05, 4.69) is 16.2 Å². The predicted octanol–water partition coefficient (Wildman–Crippen LogP) is 3.00. The number of amides is 1. The van der Waals surface area contributed by atoms with Crippen molar-refractivity contribution in [1.82, 2.24) is 19.7 Å². The van der Waals surface area contributed by atoms with Gasteiger partial charge in [-0.2, -0.15) is 15.0 Å².